The third-order valence-corrected chi connectivity index (χ3v) is 2.78. The lowest BCUT2D eigenvalue weighted by molar-refractivity contribution is -0.493. The van der Waals surface area contributed by atoms with Crippen molar-refractivity contribution in [2.45, 2.75) is 18.6 Å². The van der Waals surface area contributed by atoms with Crippen LogP contribution in [0.5, 0.6) is 0 Å². The van der Waals surface area contributed by atoms with Crippen molar-refractivity contribution in [3.05, 3.63) is 46.0 Å². The lowest BCUT2D eigenvalue weighted by Gasteiger charge is -2.17. The van der Waals surface area contributed by atoms with Crippen LogP contribution in [0.3, 0.4) is 0 Å². The molecule has 0 N–H and O–H groups in total. The van der Waals surface area contributed by atoms with E-state index in [0.29, 0.717) is 6.42 Å². The molecule has 1 aromatic rings. The van der Waals surface area contributed by atoms with Gasteiger partial charge in [0.15, 0.2) is 0 Å². The number of hydroxylamine groups is 2. The summed E-state index contributed by atoms with van der Waals surface area (Å²) in [5.74, 6) is 0. The van der Waals surface area contributed by atoms with Gasteiger partial charge >= 0.3 is 0 Å². The van der Waals surface area contributed by atoms with Gasteiger partial charge in [-0.1, -0.05) is 30.3 Å². The molecule has 0 aliphatic carbocycles. The summed E-state index contributed by atoms with van der Waals surface area (Å²) in [6.07, 6.45) is 0.354. The van der Waals surface area contributed by atoms with Crippen LogP contribution in [0.1, 0.15) is 18.0 Å². The minimum Gasteiger partial charge on any atom is -0.288 e. The van der Waals surface area contributed by atoms with E-state index in [1.807, 2.05) is 37.4 Å². The molecule has 1 saturated heterocycles. The van der Waals surface area contributed by atoms with Crippen LogP contribution in [0, 0.1) is 10.1 Å². The maximum Gasteiger partial charge on any atom is 0.231 e. The van der Waals surface area contributed by atoms with Gasteiger partial charge in [-0.25, -0.2) is 0 Å². The first kappa shape index (κ1) is 11.0. The molecule has 0 aromatic heterocycles. The molecule has 1 fully saturated rings. The highest BCUT2D eigenvalue weighted by molar-refractivity contribution is 5.19. The molecule has 1 aliphatic rings. The van der Waals surface area contributed by atoms with Crippen molar-refractivity contribution in [3.8, 4) is 0 Å². The van der Waals surface area contributed by atoms with Gasteiger partial charge in [-0.05, 0) is 5.56 Å². The predicted molar refractivity (Wildman–Crippen MR) is 58.3 cm³/mol. The van der Waals surface area contributed by atoms with E-state index in [1.54, 1.807) is 5.06 Å². The summed E-state index contributed by atoms with van der Waals surface area (Å²) in [6.45, 7) is -0.131. The third kappa shape index (κ3) is 2.37. The average molecular weight is 222 g/mol. The van der Waals surface area contributed by atoms with Crippen molar-refractivity contribution in [2.75, 3.05) is 13.6 Å². The first-order chi connectivity index (χ1) is 7.66. The number of hydrogen-bond acceptors (Lipinski definition) is 4. The Morgan fingerprint density at radius 3 is 2.81 bits per heavy atom. The number of benzene rings is 1. The molecule has 0 spiro atoms. The van der Waals surface area contributed by atoms with Gasteiger partial charge in [-0.2, -0.15) is 5.06 Å². The van der Waals surface area contributed by atoms with Gasteiger partial charge in [-0.15, -0.1) is 0 Å². The van der Waals surface area contributed by atoms with Crippen molar-refractivity contribution in [3.63, 3.8) is 0 Å². The van der Waals surface area contributed by atoms with Crippen molar-refractivity contribution in [1.29, 1.82) is 0 Å². The molecule has 1 aliphatic heterocycles. The summed E-state index contributed by atoms with van der Waals surface area (Å²) >= 11 is 0. The number of nitrogens with zero attached hydrogens (tertiary/aromatic N) is 2. The standard InChI is InChI=1S/C11H14N2O3/c1-12-11(9-5-3-2-4-6-9)7-10(16-12)8-13(14)15/h2-6,10-11H,7-8H2,1H3/t10-,11-/m1/s1. The molecule has 1 heterocycles. The molecule has 86 valence electrons. The van der Waals surface area contributed by atoms with E-state index in [0.717, 1.165) is 5.56 Å². The quantitative estimate of drug-likeness (QED) is 0.576. The van der Waals surface area contributed by atoms with Gasteiger partial charge in [0.05, 0.1) is 6.04 Å². The van der Waals surface area contributed by atoms with Crippen LogP contribution in [0.4, 0.5) is 0 Å². The van der Waals surface area contributed by atoms with Crippen molar-refractivity contribution in [1.82, 2.24) is 5.06 Å². The van der Waals surface area contributed by atoms with Crippen LogP contribution in [-0.2, 0) is 4.84 Å². The lowest BCUT2D eigenvalue weighted by Crippen LogP contribution is -2.21. The summed E-state index contributed by atoms with van der Waals surface area (Å²) in [4.78, 5) is 15.5. The molecule has 0 amide bonds. The van der Waals surface area contributed by atoms with Crippen molar-refractivity contribution < 1.29 is 9.76 Å². The van der Waals surface area contributed by atoms with Crippen LogP contribution in [0.15, 0.2) is 30.3 Å². The Balaban J connectivity index is 2.05. The van der Waals surface area contributed by atoms with Gasteiger partial charge in [0.2, 0.25) is 6.54 Å². The smallest absolute Gasteiger partial charge is 0.231 e. The summed E-state index contributed by atoms with van der Waals surface area (Å²) in [6, 6.07) is 10.0. The monoisotopic (exact) mass is 222 g/mol. The third-order valence-electron chi connectivity index (χ3n) is 2.78. The molecular formula is C11H14N2O3. The maximum absolute atomic E-state index is 10.4. The molecule has 5 heteroatoms. The van der Waals surface area contributed by atoms with Gasteiger partial charge in [0.25, 0.3) is 0 Å². The van der Waals surface area contributed by atoms with E-state index < -0.39 is 0 Å². The summed E-state index contributed by atoms with van der Waals surface area (Å²) in [7, 11) is 1.82. The largest absolute Gasteiger partial charge is 0.288 e. The minimum absolute atomic E-state index is 0.117. The highest BCUT2D eigenvalue weighted by Crippen LogP contribution is 2.32. The first-order valence-corrected chi connectivity index (χ1v) is 5.23. The fourth-order valence-electron chi connectivity index (χ4n) is 2.04. The second-order valence-electron chi connectivity index (χ2n) is 3.95. The summed E-state index contributed by atoms with van der Waals surface area (Å²) < 4.78 is 0. The number of hydrogen-bond donors (Lipinski definition) is 0. The minimum atomic E-state index is -0.327. The van der Waals surface area contributed by atoms with Crippen molar-refractivity contribution >= 4 is 0 Å². The van der Waals surface area contributed by atoms with E-state index in [9.17, 15) is 10.1 Å². The average Bonchev–Trinajstić information content (AvgIpc) is 2.60. The highest BCUT2D eigenvalue weighted by atomic mass is 16.7. The molecule has 1 aromatic carbocycles. The van der Waals surface area contributed by atoms with E-state index in [2.05, 4.69) is 0 Å². The lowest BCUT2D eigenvalue weighted by atomic mass is 10.0. The van der Waals surface area contributed by atoms with Crippen LogP contribution >= 0.6 is 0 Å². The Kier molecular flexibility index (Phi) is 3.17. The fourth-order valence-corrected chi connectivity index (χ4v) is 2.04. The zero-order valence-corrected chi connectivity index (χ0v) is 9.07. The zero-order valence-electron chi connectivity index (χ0n) is 9.07. The Morgan fingerprint density at radius 2 is 2.19 bits per heavy atom. The molecule has 0 bridgehead atoms. The molecule has 16 heavy (non-hydrogen) atoms. The van der Waals surface area contributed by atoms with Crippen LogP contribution in [0.25, 0.3) is 0 Å². The molecular weight excluding hydrogens is 208 g/mol. The molecule has 2 atom stereocenters. The second-order valence-corrected chi connectivity index (χ2v) is 3.95. The Bertz CT molecular complexity index is 369. The van der Waals surface area contributed by atoms with Crippen LogP contribution in [0.2, 0.25) is 0 Å². The highest BCUT2D eigenvalue weighted by Gasteiger charge is 2.34. The first-order valence-electron chi connectivity index (χ1n) is 5.23. The van der Waals surface area contributed by atoms with Gasteiger partial charge in [0.1, 0.15) is 6.10 Å². The van der Waals surface area contributed by atoms with E-state index >= 15 is 0 Å². The van der Waals surface area contributed by atoms with E-state index in [4.69, 9.17) is 4.84 Å². The number of rotatable bonds is 3. The molecule has 0 saturated carbocycles. The SMILES string of the molecule is CN1O[C@@H](C[N+](=O)[O-])C[C@@H]1c1ccccc1. The Labute approximate surface area is 93.7 Å². The van der Waals surface area contributed by atoms with E-state index in [-0.39, 0.29) is 23.6 Å². The second kappa shape index (κ2) is 4.59. The predicted octanol–water partition coefficient (Wildman–Crippen LogP) is 1.64. The Morgan fingerprint density at radius 1 is 1.50 bits per heavy atom. The van der Waals surface area contributed by atoms with E-state index in [1.165, 1.54) is 0 Å². The summed E-state index contributed by atoms with van der Waals surface area (Å²) in [5, 5.41) is 12.1. The van der Waals surface area contributed by atoms with Crippen molar-refractivity contribution in [2.24, 2.45) is 0 Å². The Hall–Kier alpha value is -1.46. The summed E-state index contributed by atoms with van der Waals surface area (Å²) in [5.41, 5.74) is 1.14. The molecule has 0 unspecified atom stereocenters. The normalized spacial score (nSPS) is 25.8. The maximum atomic E-state index is 10.4. The topological polar surface area (TPSA) is 55.6 Å². The van der Waals surface area contributed by atoms with Crippen LogP contribution < -0.4 is 0 Å². The fraction of sp³-hybridized carbons (Fsp3) is 0.455. The molecule has 5 nitrogen and oxygen atoms in total. The van der Waals surface area contributed by atoms with Crippen LogP contribution in [-0.4, -0.2) is 29.7 Å². The van der Waals surface area contributed by atoms with Gasteiger partial charge in [-0.3, -0.25) is 15.0 Å². The number of nitro groups is 1. The molecule has 2 rings (SSSR count). The van der Waals surface area contributed by atoms with Gasteiger partial charge in [0, 0.05) is 18.4 Å². The van der Waals surface area contributed by atoms with Gasteiger partial charge < -0.3 is 0 Å². The zero-order chi connectivity index (χ0) is 11.5. The molecule has 0 radical (unpaired) electrons.